The number of aliphatic carboxylic acids is 1. The van der Waals surface area contributed by atoms with Crippen molar-refractivity contribution >= 4 is 17.7 Å². The van der Waals surface area contributed by atoms with E-state index in [1.807, 2.05) is 6.20 Å². The lowest BCUT2D eigenvalue weighted by atomic mass is 9.93. The quantitative estimate of drug-likeness (QED) is 0.865. The van der Waals surface area contributed by atoms with E-state index in [1.54, 1.807) is 0 Å². The average molecular weight is 297 g/mol. The molecule has 0 atom stereocenters. The number of imidazole rings is 1. The smallest absolute Gasteiger partial charge is 0.313 e. The lowest BCUT2D eigenvalue weighted by molar-refractivity contribution is -0.133. The Hall–Kier alpha value is -1.17. The summed E-state index contributed by atoms with van der Waals surface area (Å²) in [6.07, 6.45) is 5.53. The molecule has 1 aromatic heterocycles. The number of rotatable bonds is 4. The van der Waals surface area contributed by atoms with Crippen molar-refractivity contribution < 1.29 is 9.90 Å². The molecule has 1 N–H and O–H groups in total. The summed E-state index contributed by atoms with van der Waals surface area (Å²) in [5.41, 5.74) is 1.14. The minimum atomic E-state index is -0.805. The van der Waals surface area contributed by atoms with Crippen LogP contribution in [0.3, 0.4) is 0 Å². The topological polar surface area (TPSA) is 58.4 Å². The Morgan fingerprint density at radius 1 is 1.35 bits per heavy atom. The van der Waals surface area contributed by atoms with Gasteiger partial charge in [-0.2, -0.15) is 0 Å². The van der Waals surface area contributed by atoms with Gasteiger partial charge in [-0.25, -0.2) is 9.66 Å². The van der Waals surface area contributed by atoms with Crippen LogP contribution in [-0.2, 0) is 10.2 Å². The summed E-state index contributed by atoms with van der Waals surface area (Å²) in [5.74, 6) is -0.755. The van der Waals surface area contributed by atoms with E-state index in [1.165, 1.54) is 31.0 Å². The fraction of sp³-hybridized carbons (Fsp3) is 0.714. The van der Waals surface area contributed by atoms with Crippen LogP contribution in [0.15, 0.2) is 11.4 Å². The molecule has 1 aliphatic rings. The van der Waals surface area contributed by atoms with E-state index >= 15 is 0 Å². The summed E-state index contributed by atoms with van der Waals surface area (Å²) >= 11 is 1.30. The maximum absolute atomic E-state index is 10.8. The summed E-state index contributed by atoms with van der Waals surface area (Å²) in [4.78, 5) is 15.2. The molecule has 0 unspecified atom stereocenters. The van der Waals surface area contributed by atoms with Crippen LogP contribution in [0.25, 0.3) is 0 Å². The van der Waals surface area contributed by atoms with Gasteiger partial charge in [0.2, 0.25) is 0 Å². The van der Waals surface area contributed by atoms with E-state index in [9.17, 15) is 4.79 Å². The molecule has 5 nitrogen and oxygen atoms in total. The molecule has 1 fully saturated rings. The molecule has 0 aromatic carbocycles. The average Bonchev–Trinajstić information content (AvgIpc) is 2.81. The lowest BCUT2D eigenvalue weighted by Crippen LogP contribution is -2.42. The second kappa shape index (κ2) is 6.08. The number of piperidine rings is 1. The van der Waals surface area contributed by atoms with Crippen molar-refractivity contribution in [3.63, 3.8) is 0 Å². The molecule has 0 radical (unpaired) electrons. The molecule has 1 aromatic rings. The van der Waals surface area contributed by atoms with Gasteiger partial charge >= 0.3 is 5.97 Å². The summed E-state index contributed by atoms with van der Waals surface area (Å²) < 4.78 is 2.15. The number of carboxylic acid groups (broad SMARTS) is 1. The molecular weight excluding hydrogens is 274 g/mol. The summed E-state index contributed by atoms with van der Waals surface area (Å²) in [6, 6.07) is 0. The number of nitrogens with zero attached hydrogens (tertiary/aromatic N) is 3. The Balaban J connectivity index is 2.31. The van der Waals surface area contributed by atoms with Crippen LogP contribution < -0.4 is 5.01 Å². The van der Waals surface area contributed by atoms with Crippen LogP contribution in [-0.4, -0.2) is 39.6 Å². The van der Waals surface area contributed by atoms with Gasteiger partial charge < -0.3 is 10.1 Å². The van der Waals surface area contributed by atoms with Crippen molar-refractivity contribution in [3.8, 4) is 0 Å². The van der Waals surface area contributed by atoms with Crippen molar-refractivity contribution in [1.82, 2.24) is 9.66 Å². The molecule has 20 heavy (non-hydrogen) atoms. The molecule has 1 aliphatic heterocycles. The van der Waals surface area contributed by atoms with Crippen LogP contribution in [0.2, 0.25) is 0 Å². The number of thioether (sulfide) groups is 1. The highest BCUT2D eigenvalue weighted by Gasteiger charge is 2.26. The predicted molar refractivity (Wildman–Crippen MR) is 81.1 cm³/mol. The van der Waals surface area contributed by atoms with Gasteiger partial charge in [0.05, 0.1) is 17.6 Å². The van der Waals surface area contributed by atoms with Gasteiger partial charge in [-0.05, 0) is 19.3 Å². The molecule has 2 heterocycles. The van der Waals surface area contributed by atoms with Crippen molar-refractivity contribution in [2.45, 2.75) is 50.6 Å². The van der Waals surface area contributed by atoms with E-state index in [2.05, 4.69) is 35.4 Å². The SMILES string of the molecule is CC(C)(C)c1cnc(SCC(=O)O)n1N1CCCCC1. The number of carboxylic acids is 1. The first-order chi connectivity index (χ1) is 9.39. The van der Waals surface area contributed by atoms with E-state index in [0.29, 0.717) is 0 Å². The monoisotopic (exact) mass is 297 g/mol. The van der Waals surface area contributed by atoms with Crippen LogP contribution in [0.5, 0.6) is 0 Å². The van der Waals surface area contributed by atoms with Gasteiger partial charge in [0.25, 0.3) is 0 Å². The zero-order valence-electron chi connectivity index (χ0n) is 12.4. The number of aromatic nitrogens is 2. The zero-order chi connectivity index (χ0) is 14.8. The van der Waals surface area contributed by atoms with Crippen LogP contribution in [0.1, 0.15) is 45.7 Å². The van der Waals surface area contributed by atoms with Crippen molar-refractivity contribution in [2.75, 3.05) is 23.9 Å². The molecule has 0 spiro atoms. The van der Waals surface area contributed by atoms with Crippen molar-refractivity contribution in [2.24, 2.45) is 0 Å². The third kappa shape index (κ3) is 3.48. The molecule has 0 bridgehead atoms. The van der Waals surface area contributed by atoms with E-state index in [4.69, 9.17) is 5.11 Å². The van der Waals surface area contributed by atoms with Crippen molar-refractivity contribution in [1.29, 1.82) is 0 Å². The summed E-state index contributed by atoms with van der Waals surface area (Å²) in [6.45, 7) is 8.52. The normalized spacial score (nSPS) is 16.4. The second-order valence-electron chi connectivity index (χ2n) is 6.18. The Morgan fingerprint density at radius 3 is 2.55 bits per heavy atom. The minimum Gasteiger partial charge on any atom is -0.481 e. The number of hydrogen-bond donors (Lipinski definition) is 1. The molecule has 1 saturated heterocycles. The van der Waals surface area contributed by atoms with E-state index in [0.717, 1.165) is 23.9 Å². The molecule has 2 rings (SSSR count). The fourth-order valence-corrected chi connectivity index (χ4v) is 3.13. The Kier molecular flexibility index (Phi) is 4.62. The minimum absolute atomic E-state index is 0.00746. The van der Waals surface area contributed by atoms with Crippen molar-refractivity contribution in [3.05, 3.63) is 11.9 Å². The third-order valence-electron chi connectivity index (χ3n) is 3.42. The highest BCUT2D eigenvalue weighted by Crippen LogP contribution is 2.28. The molecule has 6 heteroatoms. The maximum Gasteiger partial charge on any atom is 0.313 e. The van der Waals surface area contributed by atoms with Gasteiger partial charge in [-0.3, -0.25) is 4.79 Å². The highest BCUT2D eigenvalue weighted by atomic mass is 32.2. The predicted octanol–water partition coefficient (Wildman–Crippen LogP) is 2.48. The summed E-state index contributed by atoms with van der Waals surface area (Å²) in [5, 5.41) is 12.0. The van der Waals surface area contributed by atoms with Gasteiger partial charge in [0.15, 0.2) is 5.16 Å². The van der Waals surface area contributed by atoms with Crippen LogP contribution in [0, 0.1) is 0 Å². The zero-order valence-corrected chi connectivity index (χ0v) is 13.2. The first-order valence-electron chi connectivity index (χ1n) is 7.07. The maximum atomic E-state index is 10.8. The Labute approximate surface area is 124 Å². The van der Waals surface area contributed by atoms with Gasteiger partial charge in [-0.1, -0.05) is 32.5 Å². The molecule has 0 aliphatic carbocycles. The highest BCUT2D eigenvalue weighted by molar-refractivity contribution is 7.99. The molecule has 112 valence electrons. The number of carbonyl (C=O) groups is 1. The van der Waals surface area contributed by atoms with E-state index in [-0.39, 0.29) is 11.2 Å². The number of hydrogen-bond acceptors (Lipinski definition) is 4. The lowest BCUT2D eigenvalue weighted by Gasteiger charge is -2.34. The van der Waals surface area contributed by atoms with Gasteiger partial charge in [0.1, 0.15) is 0 Å². The Bertz CT molecular complexity index is 473. The van der Waals surface area contributed by atoms with Crippen LogP contribution >= 0.6 is 11.8 Å². The second-order valence-corrected chi connectivity index (χ2v) is 7.13. The third-order valence-corrected chi connectivity index (χ3v) is 4.34. The fourth-order valence-electron chi connectivity index (χ4n) is 2.42. The Morgan fingerprint density at radius 2 is 2.00 bits per heavy atom. The molecule has 0 amide bonds. The summed E-state index contributed by atoms with van der Waals surface area (Å²) in [7, 11) is 0. The molecule has 0 saturated carbocycles. The van der Waals surface area contributed by atoms with E-state index < -0.39 is 5.97 Å². The molecular formula is C14H23N3O2S. The first-order valence-corrected chi connectivity index (χ1v) is 8.06. The standard InChI is InChI=1S/C14H23N3O2S/c1-14(2,3)11-9-15-13(20-10-12(18)19)17(11)16-7-5-4-6-8-16/h9H,4-8,10H2,1-3H3,(H,18,19). The van der Waals surface area contributed by atoms with Gasteiger partial charge in [-0.15, -0.1) is 0 Å². The first kappa shape index (κ1) is 15.2. The van der Waals surface area contributed by atoms with Gasteiger partial charge in [0, 0.05) is 18.5 Å². The largest absolute Gasteiger partial charge is 0.481 e. The van der Waals surface area contributed by atoms with Crippen LogP contribution in [0.4, 0.5) is 0 Å².